The highest BCUT2D eigenvalue weighted by Gasteiger charge is 2.17. The van der Waals surface area contributed by atoms with Crippen LogP contribution < -0.4 is 0 Å². The average Bonchev–Trinajstić information content (AvgIpc) is 2.46. The molecule has 0 saturated heterocycles. The Kier molecular flexibility index (Phi) is 4.78. The van der Waals surface area contributed by atoms with Gasteiger partial charge in [0, 0.05) is 11.8 Å². The second kappa shape index (κ2) is 6.36. The lowest BCUT2D eigenvalue weighted by atomic mass is 9.86. The predicted molar refractivity (Wildman–Crippen MR) is 90.4 cm³/mol. The maximum Gasteiger partial charge on any atom is 0.0520 e. The first-order valence-electron chi connectivity index (χ1n) is 6.48. The van der Waals surface area contributed by atoms with Crippen LogP contribution >= 0.6 is 24.8 Å². The van der Waals surface area contributed by atoms with Gasteiger partial charge < -0.3 is 0 Å². The van der Waals surface area contributed by atoms with Gasteiger partial charge in [0.25, 0.3) is 0 Å². The summed E-state index contributed by atoms with van der Waals surface area (Å²) in [5.41, 5.74) is 3.93. The lowest BCUT2D eigenvalue weighted by Gasteiger charge is -2.20. The standard InChI is InChI=1S/C17H18S2/c1-12(14-8-4-3-5-9-14)15-10-6-7-11-16(15)13(2)17(18)19/h3-13H,1-2H3,(H,18,19). The molecule has 2 aromatic carbocycles. The van der Waals surface area contributed by atoms with Crippen molar-refractivity contribution in [3.05, 3.63) is 71.3 Å². The Labute approximate surface area is 126 Å². The van der Waals surface area contributed by atoms with Gasteiger partial charge in [-0.2, -0.15) is 0 Å². The molecule has 0 nitrogen and oxygen atoms in total. The molecule has 0 aliphatic heterocycles. The van der Waals surface area contributed by atoms with Crippen molar-refractivity contribution >= 4 is 29.0 Å². The highest BCUT2D eigenvalue weighted by atomic mass is 32.1. The van der Waals surface area contributed by atoms with E-state index in [1.54, 1.807) is 0 Å². The molecule has 2 unspecified atom stereocenters. The quantitative estimate of drug-likeness (QED) is 0.595. The van der Waals surface area contributed by atoms with Crippen molar-refractivity contribution in [2.45, 2.75) is 25.7 Å². The Balaban J connectivity index is 2.43. The van der Waals surface area contributed by atoms with E-state index in [2.05, 4.69) is 75.0 Å². The van der Waals surface area contributed by atoms with Gasteiger partial charge in [0.2, 0.25) is 0 Å². The average molecular weight is 286 g/mol. The Morgan fingerprint density at radius 1 is 0.895 bits per heavy atom. The van der Waals surface area contributed by atoms with Crippen LogP contribution in [0.3, 0.4) is 0 Å². The molecule has 0 amide bonds. The molecule has 2 atom stereocenters. The van der Waals surface area contributed by atoms with E-state index in [4.69, 9.17) is 12.2 Å². The summed E-state index contributed by atoms with van der Waals surface area (Å²) < 4.78 is 0.743. The second-order valence-corrected chi connectivity index (χ2v) is 6.05. The Bertz CT molecular complexity index is 560. The summed E-state index contributed by atoms with van der Waals surface area (Å²) in [6.45, 7) is 4.36. The van der Waals surface area contributed by atoms with Crippen LogP contribution in [0.2, 0.25) is 0 Å². The van der Waals surface area contributed by atoms with Crippen LogP contribution in [0.15, 0.2) is 54.6 Å². The van der Waals surface area contributed by atoms with Crippen LogP contribution in [0.4, 0.5) is 0 Å². The van der Waals surface area contributed by atoms with Crippen LogP contribution in [-0.2, 0) is 0 Å². The van der Waals surface area contributed by atoms with E-state index in [-0.39, 0.29) is 5.92 Å². The van der Waals surface area contributed by atoms with Gasteiger partial charge in [0.05, 0.1) is 4.20 Å². The first-order valence-corrected chi connectivity index (χ1v) is 7.33. The molecule has 0 saturated carbocycles. The first-order chi connectivity index (χ1) is 9.11. The molecule has 0 aromatic heterocycles. The lowest BCUT2D eigenvalue weighted by molar-refractivity contribution is 0.881. The van der Waals surface area contributed by atoms with Crippen molar-refractivity contribution < 1.29 is 0 Å². The third-order valence-electron chi connectivity index (χ3n) is 3.60. The number of benzene rings is 2. The summed E-state index contributed by atoms with van der Waals surface area (Å²) in [6, 6.07) is 19.1. The Hall–Kier alpha value is -1.12. The van der Waals surface area contributed by atoms with Crippen molar-refractivity contribution in [3.63, 3.8) is 0 Å². The Morgan fingerprint density at radius 3 is 2.00 bits per heavy atom. The van der Waals surface area contributed by atoms with Gasteiger partial charge in [-0.3, -0.25) is 0 Å². The molecule has 0 aliphatic rings. The molecule has 2 aromatic rings. The number of hydrogen-bond donors (Lipinski definition) is 1. The maximum atomic E-state index is 5.23. The van der Waals surface area contributed by atoms with Crippen LogP contribution in [0, 0.1) is 0 Å². The molecule has 0 bridgehead atoms. The van der Waals surface area contributed by atoms with Crippen LogP contribution in [0.1, 0.15) is 42.4 Å². The normalized spacial score (nSPS) is 13.8. The fraction of sp³-hybridized carbons (Fsp3) is 0.235. The van der Waals surface area contributed by atoms with E-state index >= 15 is 0 Å². The van der Waals surface area contributed by atoms with Crippen LogP contribution in [0.5, 0.6) is 0 Å². The minimum atomic E-state index is 0.195. The van der Waals surface area contributed by atoms with E-state index in [0.717, 1.165) is 4.20 Å². The monoisotopic (exact) mass is 286 g/mol. The zero-order valence-corrected chi connectivity index (χ0v) is 12.9. The number of thiocarbonyl (C=S) groups is 1. The maximum absolute atomic E-state index is 5.23. The Morgan fingerprint density at radius 2 is 1.42 bits per heavy atom. The largest absolute Gasteiger partial charge is 0.136 e. The van der Waals surface area contributed by atoms with Crippen molar-refractivity contribution in [1.29, 1.82) is 0 Å². The highest BCUT2D eigenvalue weighted by Crippen LogP contribution is 2.31. The summed E-state index contributed by atoms with van der Waals surface area (Å²) in [6.07, 6.45) is 0. The fourth-order valence-electron chi connectivity index (χ4n) is 2.35. The number of thiol groups is 1. The predicted octanol–water partition coefficient (Wildman–Crippen LogP) is 5.20. The topological polar surface area (TPSA) is 0 Å². The minimum absolute atomic E-state index is 0.195. The van der Waals surface area contributed by atoms with Gasteiger partial charge >= 0.3 is 0 Å². The van der Waals surface area contributed by atoms with Gasteiger partial charge in [-0.05, 0) is 16.7 Å². The molecule has 2 heteroatoms. The van der Waals surface area contributed by atoms with E-state index in [1.807, 2.05) is 6.07 Å². The molecule has 0 radical (unpaired) electrons. The zero-order valence-electron chi connectivity index (χ0n) is 11.2. The van der Waals surface area contributed by atoms with Gasteiger partial charge in [0.1, 0.15) is 0 Å². The molecular formula is C17H18S2. The zero-order chi connectivity index (χ0) is 13.8. The van der Waals surface area contributed by atoms with Crippen molar-refractivity contribution in [3.8, 4) is 0 Å². The minimum Gasteiger partial charge on any atom is -0.136 e. The summed E-state index contributed by atoms with van der Waals surface area (Å²) in [5, 5.41) is 0. The molecule has 0 N–H and O–H groups in total. The van der Waals surface area contributed by atoms with Crippen molar-refractivity contribution in [2.75, 3.05) is 0 Å². The van der Waals surface area contributed by atoms with Gasteiger partial charge in [-0.25, -0.2) is 0 Å². The summed E-state index contributed by atoms with van der Waals surface area (Å²) >= 11 is 9.57. The number of hydrogen-bond acceptors (Lipinski definition) is 1. The molecule has 0 aliphatic carbocycles. The van der Waals surface area contributed by atoms with Crippen molar-refractivity contribution in [1.82, 2.24) is 0 Å². The summed E-state index contributed by atoms with van der Waals surface area (Å²) in [7, 11) is 0. The SMILES string of the molecule is CC(C(=S)S)c1ccccc1C(C)c1ccccc1. The summed E-state index contributed by atoms with van der Waals surface area (Å²) in [5.74, 6) is 0.559. The molecular weight excluding hydrogens is 268 g/mol. The second-order valence-electron chi connectivity index (χ2n) is 4.82. The molecule has 0 heterocycles. The van der Waals surface area contributed by atoms with E-state index in [0.29, 0.717) is 5.92 Å². The van der Waals surface area contributed by atoms with E-state index < -0.39 is 0 Å². The molecule has 0 fully saturated rings. The molecule has 2 rings (SSSR count). The van der Waals surface area contributed by atoms with Gasteiger partial charge in [-0.15, -0.1) is 12.6 Å². The van der Waals surface area contributed by atoms with Gasteiger partial charge in [0.15, 0.2) is 0 Å². The third-order valence-corrected chi connectivity index (χ3v) is 4.34. The fourth-order valence-corrected chi connectivity index (χ4v) is 2.62. The van der Waals surface area contributed by atoms with Crippen molar-refractivity contribution in [2.24, 2.45) is 0 Å². The summed E-state index contributed by atoms with van der Waals surface area (Å²) in [4.78, 5) is 0. The lowest BCUT2D eigenvalue weighted by Crippen LogP contribution is -2.07. The smallest absolute Gasteiger partial charge is 0.0520 e. The van der Waals surface area contributed by atoms with Gasteiger partial charge in [-0.1, -0.05) is 80.7 Å². The molecule has 98 valence electrons. The van der Waals surface area contributed by atoms with Crippen LogP contribution in [0.25, 0.3) is 0 Å². The van der Waals surface area contributed by atoms with E-state index in [1.165, 1.54) is 16.7 Å². The third kappa shape index (κ3) is 3.26. The van der Waals surface area contributed by atoms with Crippen LogP contribution in [-0.4, -0.2) is 4.20 Å². The van der Waals surface area contributed by atoms with E-state index in [9.17, 15) is 0 Å². The first kappa shape index (κ1) is 14.3. The molecule has 0 spiro atoms. The molecule has 19 heavy (non-hydrogen) atoms. The highest BCUT2D eigenvalue weighted by molar-refractivity contribution is 8.11. The number of rotatable bonds is 4.